The van der Waals surface area contributed by atoms with Crippen molar-refractivity contribution in [1.29, 1.82) is 0 Å². The zero-order valence-electron chi connectivity index (χ0n) is 9.55. The number of aromatic amines is 1. The first-order valence-corrected chi connectivity index (χ1v) is 7.40. The standard InChI is InChI=1S/C13H8Br2ClN3/c14-7-1-6(2-9(16)3-7)13-18-11-5-8(15)4-10(17)12(11)19-13/h1-5H,17H2,(H,18,19). The molecule has 0 radical (unpaired) electrons. The summed E-state index contributed by atoms with van der Waals surface area (Å²) in [6.07, 6.45) is 0. The van der Waals surface area contributed by atoms with Gasteiger partial charge in [0, 0.05) is 19.5 Å². The van der Waals surface area contributed by atoms with Crippen LogP contribution in [0.25, 0.3) is 22.4 Å². The van der Waals surface area contributed by atoms with Crippen molar-refractivity contribution < 1.29 is 0 Å². The number of nitrogen functional groups attached to an aromatic ring is 1. The molecule has 3 N–H and O–H groups in total. The predicted molar refractivity (Wildman–Crippen MR) is 86.4 cm³/mol. The molecular formula is C13H8Br2ClN3. The smallest absolute Gasteiger partial charge is 0.138 e. The van der Waals surface area contributed by atoms with E-state index in [1.165, 1.54) is 0 Å². The van der Waals surface area contributed by atoms with Gasteiger partial charge in [-0.15, -0.1) is 0 Å². The minimum Gasteiger partial charge on any atom is -0.397 e. The molecule has 1 aromatic heterocycles. The molecule has 0 aliphatic heterocycles. The Morgan fingerprint density at radius 3 is 2.53 bits per heavy atom. The number of fused-ring (bicyclic) bond motifs is 1. The Hall–Kier alpha value is -1.04. The van der Waals surface area contributed by atoms with Crippen LogP contribution in [0.15, 0.2) is 39.3 Å². The summed E-state index contributed by atoms with van der Waals surface area (Å²) in [7, 11) is 0. The van der Waals surface area contributed by atoms with E-state index in [-0.39, 0.29) is 0 Å². The number of nitrogens with two attached hydrogens (primary N) is 1. The molecule has 0 fully saturated rings. The SMILES string of the molecule is Nc1cc(Br)cc2[nH]c(-c3cc(Cl)cc(Br)c3)nc12. The molecule has 0 atom stereocenters. The van der Waals surface area contributed by atoms with Crippen LogP contribution in [-0.2, 0) is 0 Å². The fourth-order valence-corrected chi connectivity index (χ4v) is 3.27. The second-order valence-electron chi connectivity index (χ2n) is 4.13. The van der Waals surface area contributed by atoms with E-state index in [1.807, 2.05) is 30.3 Å². The highest BCUT2D eigenvalue weighted by atomic mass is 79.9. The van der Waals surface area contributed by atoms with Crippen LogP contribution in [0.1, 0.15) is 0 Å². The van der Waals surface area contributed by atoms with Gasteiger partial charge in [-0.05, 0) is 30.3 Å². The van der Waals surface area contributed by atoms with Gasteiger partial charge >= 0.3 is 0 Å². The summed E-state index contributed by atoms with van der Waals surface area (Å²) in [6.45, 7) is 0. The van der Waals surface area contributed by atoms with E-state index in [9.17, 15) is 0 Å². The number of rotatable bonds is 1. The highest BCUT2D eigenvalue weighted by Crippen LogP contribution is 2.30. The zero-order valence-corrected chi connectivity index (χ0v) is 13.5. The summed E-state index contributed by atoms with van der Waals surface area (Å²) >= 11 is 12.9. The lowest BCUT2D eigenvalue weighted by atomic mass is 10.2. The molecule has 0 spiro atoms. The molecule has 0 saturated heterocycles. The fraction of sp³-hybridized carbons (Fsp3) is 0. The van der Waals surface area contributed by atoms with Crippen molar-refractivity contribution in [3.05, 3.63) is 44.3 Å². The molecule has 0 aliphatic carbocycles. The predicted octanol–water partition coefficient (Wildman–Crippen LogP) is 4.99. The monoisotopic (exact) mass is 399 g/mol. The molecule has 19 heavy (non-hydrogen) atoms. The minimum absolute atomic E-state index is 0.632. The van der Waals surface area contributed by atoms with Crippen molar-refractivity contribution >= 4 is 60.2 Å². The first-order valence-electron chi connectivity index (χ1n) is 5.44. The topological polar surface area (TPSA) is 54.7 Å². The quantitative estimate of drug-likeness (QED) is 0.565. The lowest BCUT2D eigenvalue weighted by molar-refractivity contribution is 1.33. The third-order valence-electron chi connectivity index (χ3n) is 2.72. The summed E-state index contributed by atoms with van der Waals surface area (Å²) in [5.41, 5.74) is 9.15. The summed E-state index contributed by atoms with van der Waals surface area (Å²) in [6, 6.07) is 9.42. The zero-order chi connectivity index (χ0) is 13.6. The second-order valence-corrected chi connectivity index (χ2v) is 6.40. The van der Waals surface area contributed by atoms with E-state index in [2.05, 4.69) is 41.8 Å². The van der Waals surface area contributed by atoms with Crippen molar-refractivity contribution in [2.24, 2.45) is 0 Å². The van der Waals surface area contributed by atoms with Gasteiger partial charge in [-0.3, -0.25) is 0 Å². The normalized spacial score (nSPS) is 11.1. The van der Waals surface area contributed by atoms with Gasteiger partial charge in [0.2, 0.25) is 0 Å². The number of nitrogens with one attached hydrogen (secondary N) is 1. The summed E-state index contributed by atoms with van der Waals surface area (Å²) in [5.74, 6) is 0.739. The molecule has 96 valence electrons. The van der Waals surface area contributed by atoms with E-state index in [4.69, 9.17) is 17.3 Å². The van der Waals surface area contributed by atoms with E-state index in [1.54, 1.807) is 0 Å². The average molecular weight is 401 g/mol. The van der Waals surface area contributed by atoms with Crippen molar-refractivity contribution in [2.75, 3.05) is 5.73 Å². The maximum atomic E-state index is 6.05. The van der Waals surface area contributed by atoms with E-state index < -0.39 is 0 Å². The van der Waals surface area contributed by atoms with E-state index >= 15 is 0 Å². The highest BCUT2D eigenvalue weighted by molar-refractivity contribution is 9.10. The number of imidazole rings is 1. The van der Waals surface area contributed by atoms with Crippen LogP contribution in [0.2, 0.25) is 5.02 Å². The number of hydrogen-bond donors (Lipinski definition) is 2. The Balaban J connectivity index is 2.23. The third kappa shape index (κ3) is 2.50. The molecule has 3 nitrogen and oxygen atoms in total. The van der Waals surface area contributed by atoms with Crippen molar-refractivity contribution in [1.82, 2.24) is 9.97 Å². The van der Waals surface area contributed by atoms with Crippen LogP contribution in [0.5, 0.6) is 0 Å². The summed E-state index contributed by atoms with van der Waals surface area (Å²) in [5, 5.41) is 0.652. The molecule has 0 amide bonds. The van der Waals surface area contributed by atoms with Gasteiger partial charge in [-0.1, -0.05) is 43.5 Å². The van der Waals surface area contributed by atoms with Gasteiger partial charge in [-0.2, -0.15) is 0 Å². The van der Waals surface area contributed by atoms with Crippen molar-refractivity contribution in [3.8, 4) is 11.4 Å². The number of anilines is 1. The van der Waals surface area contributed by atoms with Crippen LogP contribution in [0.4, 0.5) is 5.69 Å². The Kier molecular flexibility index (Phi) is 3.28. The Morgan fingerprint density at radius 1 is 1.05 bits per heavy atom. The van der Waals surface area contributed by atoms with Crippen molar-refractivity contribution in [2.45, 2.75) is 0 Å². The van der Waals surface area contributed by atoms with Crippen LogP contribution in [0.3, 0.4) is 0 Å². The number of hydrogen-bond acceptors (Lipinski definition) is 2. The van der Waals surface area contributed by atoms with Crippen LogP contribution < -0.4 is 5.73 Å². The number of halogens is 3. The number of benzene rings is 2. The summed E-state index contributed by atoms with van der Waals surface area (Å²) in [4.78, 5) is 7.77. The van der Waals surface area contributed by atoms with E-state index in [0.29, 0.717) is 10.7 Å². The molecule has 0 aliphatic rings. The van der Waals surface area contributed by atoms with Gasteiger partial charge in [0.05, 0.1) is 11.2 Å². The van der Waals surface area contributed by atoms with Crippen LogP contribution >= 0.6 is 43.5 Å². The Morgan fingerprint density at radius 2 is 1.79 bits per heavy atom. The first kappa shape index (κ1) is 13.0. The van der Waals surface area contributed by atoms with Crippen molar-refractivity contribution in [3.63, 3.8) is 0 Å². The number of aromatic nitrogens is 2. The second kappa shape index (κ2) is 4.81. The molecule has 3 aromatic rings. The average Bonchev–Trinajstić information content (AvgIpc) is 2.71. The highest BCUT2D eigenvalue weighted by Gasteiger charge is 2.10. The van der Waals surface area contributed by atoms with Gasteiger partial charge in [0.25, 0.3) is 0 Å². The Bertz CT molecular complexity index is 763. The fourth-order valence-electron chi connectivity index (χ4n) is 1.93. The molecule has 0 bridgehead atoms. The lowest BCUT2D eigenvalue weighted by Gasteiger charge is -1.99. The maximum absolute atomic E-state index is 6.05. The first-order chi connectivity index (χ1) is 9.02. The third-order valence-corrected chi connectivity index (χ3v) is 3.85. The summed E-state index contributed by atoms with van der Waals surface area (Å²) < 4.78 is 1.82. The molecular weight excluding hydrogens is 393 g/mol. The van der Waals surface area contributed by atoms with Crippen LogP contribution in [0, 0.1) is 0 Å². The maximum Gasteiger partial charge on any atom is 0.138 e. The molecule has 6 heteroatoms. The molecule has 3 rings (SSSR count). The molecule has 2 aromatic carbocycles. The van der Waals surface area contributed by atoms with Crippen LogP contribution in [-0.4, -0.2) is 9.97 Å². The number of H-pyrrole nitrogens is 1. The largest absolute Gasteiger partial charge is 0.397 e. The molecule has 1 heterocycles. The van der Waals surface area contributed by atoms with E-state index in [0.717, 1.165) is 31.4 Å². The van der Waals surface area contributed by atoms with Gasteiger partial charge in [0.15, 0.2) is 0 Å². The molecule has 0 saturated carbocycles. The Labute approximate surface area is 131 Å². The molecule has 0 unspecified atom stereocenters. The van der Waals surface area contributed by atoms with Gasteiger partial charge in [-0.25, -0.2) is 4.98 Å². The van der Waals surface area contributed by atoms with Gasteiger partial charge in [0.1, 0.15) is 11.3 Å². The van der Waals surface area contributed by atoms with Gasteiger partial charge < -0.3 is 10.7 Å². The minimum atomic E-state index is 0.632. The number of nitrogens with zero attached hydrogens (tertiary/aromatic N) is 1. The lowest BCUT2D eigenvalue weighted by Crippen LogP contribution is -1.86.